The molecule has 0 bridgehead atoms. The van der Waals surface area contributed by atoms with Crippen molar-refractivity contribution in [3.8, 4) is 5.75 Å². The lowest BCUT2D eigenvalue weighted by molar-refractivity contribution is -0.384. The molecule has 2 heterocycles. The number of likely N-dealkylation sites (N-methyl/N-ethyl adjacent to an activating group) is 2. The van der Waals surface area contributed by atoms with E-state index in [-0.39, 0.29) is 11.6 Å². The average Bonchev–Trinajstić information content (AvgIpc) is 3.25. The fourth-order valence-electron chi connectivity index (χ4n) is 4.80. The molecule has 2 aromatic rings. The van der Waals surface area contributed by atoms with E-state index in [9.17, 15) is 18.5 Å². The van der Waals surface area contributed by atoms with E-state index in [0.29, 0.717) is 53.6 Å². The molecule has 14 heteroatoms. The van der Waals surface area contributed by atoms with Gasteiger partial charge in [0.2, 0.25) is 5.95 Å². The van der Waals surface area contributed by atoms with Crippen LogP contribution in [0.5, 0.6) is 5.75 Å². The molecule has 0 spiro atoms. The third kappa shape index (κ3) is 5.76. The fraction of sp³-hybridized carbons (Fsp3) is 0.407. The maximum absolute atomic E-state index is 13.1. The summed E-state index contributed by atoms with van der Waals surface area (Å²) in [6, 6.07) is 4.74. The predicted octanol–water partition coefficient (Wildman–Crippen LogP) is 3.45. The maximum atomic E-state index is 13.1. The third-order valence-electron chi connectivity index (χ3n) is 7.24. The number of nitro groups is 1. The number of rotatable bonds is 11. The number of nitro benzene ring substituents is 1. The van der Waals surface area contributed by atoms with Gasteiger partial charge in [-0.25, -0.2) is 14.3 Å². The van der Waals surface area contributed by atoms with Gasteiger partial charge < -0.3 is 19.9 Å². The normalized spacial score (nSPS) is 18.3. The summed E-state index contributed by atoms with van der Waals surface area (Å²) in [7, 11) is 6.35. The van der Waals surface area contributed by atoms with Gasteiger partial charge in [0.05, 0.1) is 23.4 Å². The molecule has 13 nitrogen and oxygen atoms in total. The minimum absolute atomic E-state index is 0.0926. The van der Waals surface area contributed by atoms with Gasteiger partial charge in [-0.3, -0.25) is 10.1 Å². The smallest absolute Gasteiger partial charge is 0.307 e. The number of nitrogens with one attached hydrogen (secondary N) is 1. The summed E-state index contributed by atoms with van der Waals surface area (Å²) in [5.41, 5.74) is 1.87. The second-order valence-electron chi connectivity index (χ2n) is 10.6. The SMILES string of the molecule is COc1cc(N(C)CCN(C)C)c([N+](=O)[O-])cc1Nc1nccc(C2=CN(S(=O)(=O)N(C)C)C3=CC=CCC23C)n1. The number of hydrogen-bond acceptors (Lipinski definition) is 10. The van der Waals surface area contributed by atoms with Gasteiger partial charge in [0, 0.05) is 75.4 Å². The van der Waals surface area contributed by atoms with Crippen LogP contribution in [0.1, 0.15) is 19.0 Å². The van der Waals surface area contributed by atoms with E-state index < -0.39 is 20.5 Å². The van der Waals surface area contributed by atoms with Crippen molar-refractivity contribution in [1.29, 1.82) is 0 Å². The molecule has 1 N–H and O–H groups in total. The summed E-state index contributed by atoms with van der Waals surface area (Å²) >= 11 is 0. The van der Waals surface area contributed by atoms with Gasteiger partial charge >= 0.3 is 10.2 Å². The summed E-state index contributed by atoms with van der Waals surface area (Å²) in [5, 5.41) is 15.1. The number of allylic oxidation sites excluding steroid dienone is 4. The molecule has 0 fully saturated rings. The summed E-state index contributed by atoms with van der Waals surface area (Å²) in [5.74, 6) is 0.563. The third-order valence-corrected chi connectivity index (χ3v) is 8.96. The number of benzene rings is 1. The quantitative estimate of drug-likeness (QED) is 0.309. The topological polar surface area (TPSA) is 137 Å². The minimum atomic E-state index is -3.78. The van der Waals surface area contributed by atoms with Gasteiger partial charge in [-0.15, -0.1) is 0 Å². The highest BCUT2D eigenvalue weighted by Gasteiger charge is 2.47. The molecule has 1 aliphatic heterocycles. The number of fused-ring (bicyclic) bond motifs is 1. The number of ether oxygens (including phenoxy) is 1. The van der Waals surface area contributed by atoms with Crippen LogP contribution >= 0.6 is 0 Å². The molecule has 2 aliphatic rings. The Bertz CT molecular complexity index is 1540. The van der Waals surface area contributed by atoms with Crippen LogP contribution in [-0.4, -0.2) is 92.3 Å². The lowest BCUT2D eigenvalue weighted by Gasteiger charge is -2.33. The molecule has 1 aromatic carbocycles. The molecule has 4 rings (SSSR count). The van der Waals surface area contributed by atoms with E-state index in [1.165, 1.54) is 35.9 Å². The number of aromatic nitrogens is 2. The van der Waals surface area contributed by atoms with Gasteiger partial charge in [-0.2, -0.15) is 12.7 Å². The van der Waals surface area contributed by atoms with Crippen molar-refractivity contribution in [3.63, 3.8) is 0 Å². The molecule has 0 saturated heterocycles. The number of methoxy groups -OCH3 is 1. The zero-order chi connectivity index (χ0) is 30.1. The zero-order valence-corrected chi connectivity index (χ0v) is 25.1. The summed E-state index contributed by atoms with van der Waals surface area (Å²) in [6.45, 7) is 3.27. The van der Waals surface area contributed by atoms with Crippen molar-refractivity contribution in [2.75, 3.05) is 65.7 Å². The number of hydrogen-bond donors (Lipinski definition) is 1. The molecular formula is C27H36N8O5S. The van der Waals surface area contributed by atoms with Crippen molar-refractivity contribution in [2.45, 2.75) is 13.3 Å². The minimum Gasteiger partial charge on any atom is -0.494 e. The first-order valence-corrected chi connectivity index (χ1v) is 14.3. The van der Waals surface area contributed by atoms with Crippen LogP contribution in [0.15, 0.2) is 54.5 Å². The Balaban J connectivity index is 1.72. The Kier molecular flexibility index (Phi) is 8.38. The second kappa shape index (κ2) is 11.5. The Morgan fingerprint density at radius 1 is 1.20 bits per heavy atom. The van der Waals surface area contributed by atoms with Crippen molar-refractivity contribution in [2.24, 2.45) is 5.41 Å². The average molecular weight is 585 g/mol. The van der Waals surface area contributed by atoms with Crippen LogP contribution in [0.4, 0.5) is 23.0 Å². The second-order valence-corrected chi connectivity index (χ2v) is 12.6. The highest BCUT2D eigenvalue weighted by Crippen LogP contribution is 2.53. The van der Waals surface area contributed by atoms with E-state index in [1.807, 2.05) is 43.0 Å². The summed E-state index contributed by atoms with van der Waals surface area (Å²) in [6.07, 6.45) is 9.38. The molecule has 41 heavy (non-hydrogen) atoms. The Labute approximate surface area is 240 Å². The van der Waals surface area contributed by atoms with E-state index in [1.54, 1.807) is 37.7 Å². The summed E-state index contributed by atoms with van der Waals surface area (Å²) in [4.78, 5) is 24.4. The van der Waals surface area contributed by atoms with Gasteiger partial charge in [-0.05, 0) is 39.6 Å². The Morgan fingerprint density at radius 2 is 1.93 bits per heavy atom. The number of anilines is 3. The first-order chi connectivity index (χ1) is 19.3. The van der Waals surface area contributed by atoms with Gasteiger partial charge in [0.15, 0.2) is 0 Å². The van der Waals surface area contributed by atoms with E-state index in [2.05, 4.69) is 15.3 Å². The van der Waals surface area contributed by atoms with Crippen LogP contribution in [0, 0.1) is 15.5 Å². The predicted molar refractivity (Wildman–Crippen MR) is 159 cm³/mol. The highest BCUT2D eigenvalue weighted by atomic mass is 32.2. The van der Waals surface area contributed by atoms with Crippen molar-refractivity contribution >= 4 is 38.8 Å². The largest absolute Gasteiger partial charge is 0.494 e. The van der Waals surface area contributed by atoms with Gasteiger partial charge in [-0.1, -0.05) is 12.2 Å². The van der Waals surface area contributed by atoms with E-state index in [4.69, 9.17) is 4.74 Å². The van der Waals surface area contributed by atoms with Crippen LogP contribution < -0.4 is 15.0 Å². The van der Waals surface area contributed by atoms with Gasteiger partial charge in [0.25, 0.3) is 5.69 Å². The molecular weight excluding hydrogens is 548 g/mol. The maximum Gasteiger partial charge on any atom is 0.307 e. The molecule has 1 aliphatic carbocycles. The standard InChI is InChI=1S/C27H36N8O5S/c1-27-12-9-8-10-25(27)34(41(38,39)32(4)5)18-19(27)20-11-13-28-26(29-20)30-21-16-23(35(36)37)22(17-24(21)40-7)33(6)15-14-31(2)3/h8-11,13,16-18H,12,14-15H2,1-7H3,(H,28,29,30). The number of nitrogens with zero attached hydrogens (tertiary/aromatic N) is 7. The molecule has 0 saturated carbocycles. The van der Waals surface area contributed by atoms with Crippen molar-refractivity contribution in [3.05, 3.63) is 70.3 Å². The summed E-state index contributed by atoms with van der Waals surface area (Å²) < 4.78 is 34.3. The lowest BCUT2D eigenvalue weighted by Crippen LogP contribution is -2.37. The molecule has 0 amide bonds. The van der Waals surface area contributed by atoms with Gasteiger partial charge in [0.1, 0.15) is 11.4 Å². The monoisotopic (exact) mass is 584 g/mol. The molecule has 1 unspecified atom stereocenters. The zero-order valence-electron chi connectivity index (χ0n) is 24.3. The van der Waals surface area contributed by atoms with Crippen LogP contribution in [0.2, 0.25) is 0 Å². The van der Waals surface area contributed by atoms with Crippen LogP contribution in [-0.2, 0) is 10.2 Å². The van der Waals surface area contributed by atoms with Crippen LogP contribution in [0.25, 0.3) is 5.57 Å². The Morgan fingerprint density at radius 3 is 2.56 bits per heavy atom. The van der Waals surface area contributed by atoms with Crippen molar-refractivity contribution < 1.29 is 18.1 Å². The molecule has 1 atom stereocenters. The first kappa shape index (κ1) is 30.0. The first-order valence-electron chi connectivity index (χ1n) is 12.9. The van der Waals surface area contributed by atoms with E-state index in [0.717, 1.165) is 0 Å². The van der Waals surface area contributed by atoms with E-state index >= 15 is 0 Å². The fourth-order valence-corrected chi connectivity index (χ4v) is 5.90. The molecule has 1 aromatic heterocycles. The lowest BCUT2D eigenvalue weighted by atomic mass is 9.75. The Hall–Kier alpha value is -4.01. The molecule has 220 valence electrons. The van der Waals surface area contributed by atoms with Crippen LogP contribution in [0.3, 0.4) is 0 Å². The highest BCUT2D eigenvalue weighted by molar-refractivity contribution is 7.87. The van der Waals surface area contributed by atoms with Crippen molar-refractivity contribution in [1.82, 2.24) is 23.5 Å². The molecule has 0 radical (unpaired) electrons.